The number of likely N-dealkylation sites (N-methyl/N-ethyl adjacent to an activating group) is 1. The molecule has 0 bridgehead atoms. The fraction of sp³-hybridized carbons (Fsp3) is 0.560. The van der Waals surface area contributed by atoms with E-state index in [1.165, 1.54) is 51.6 Å². The molecule has 1 saturated carbocycles. The lowest BCUT2D eigenvalue weighted by atomic mass is 9.86. The maximum Gasteiger partial charge on any atom is 0.263 e. The van der Waals surface area contributed by atoms with Crippen molar-refractivity contribution in [1.82, 2.24) is 10.6 Å². The summed E-state index contributed by atoms with van der Waals surface area (Å²) in [5.74, 6) is 0.171. The minimum absolute atomic E-state index is 0.146. The van der Waals surface area contributed by atoms with Gasteiger partial charge >= 0.3 is 0 Å². The smallest absolute Gasteiger partial charge is 0.263 e. The van der Waals surface area contributed by atoms with Gasteiger partial charge in [-0.1, -0.05) is 64.0 Å². The number of ether oxygens (including phenoxy) is 1. The first-order chi connectivity index (χ1) is 15.0. The molecular formula is C25H38N2O4. The third kappa shape index (κ3) is 9.37. The zero-order valence-corrected chi connectivity index (χ0v) is 19.5. The standard InChI is InChI=1S/C23H32N2O4.C2H6/c1-17-11-12-21(29-13-7-6-10-18-8-4-3-5-9-18)19(14-17)15-20(22(27)24-2)23(28)25-16-26;1-2/h11-12,14-16,18H,3-10,13H2,1-2H3,(H,24,27)(H,25,26,28);1-2H3/b20-15-;. The highest BCUT2D eigenvalue weighted by Gasteiger charge is 2.18. The lowest BCUT2D eigenvalue weighted by molar-refractivity contribution is -0.125. The van der Waals surface area contributed by atoms with Crippen molar-refractivity contribution >= 4 is 24.3 Å². The highest BCUT2D eigenvalue weighted by molar-refractivity contribution is 6.23. The van der Waals surface area contributed by atoms with E-state index in [9.17, 15) is 14.4 Å². The number of benzene rings is 1. The Morgan fingerprint density at radius 1 is 1.10 bits per heavy atom. The Morgan fingerprint density at radius 2 is 1.81 bits per heavy atom. The molecule has 0 saturated heterocycles. The van der Waals surface area contributed by atoms with Crippen molar-refractivity contribution in [3.8, 4) is 5.75 Å². The predicted molar refractivity (Wildman–Crippen MR) is 125 cm³/mol. The second-order valence-corrected chi connectivity index (χ2v) is 7.62. The van der Waals surface area contributed by atoms with Gasteiger partial charge in [0.05, 0.1) is 6.61 Å². The molecule has 0 spiro atoms. The quantitative estimate of drug-likeness (QED) is 0.187. The maximum absolute atomic E-state index is 12.1. The Balaban J connectivity index is 0.00000233. The number of rotatable bonds is 10. The Hall–Kier alpha value is -2.63. The number of carbonyl (C=O) groups is 3. The minimum atomic E-state index is -0.751. The molecule has 1 aliphatic rings. The molecule has 0 aliphatic heterocycles. The highest BCUT2D eigenvalue weighted by Crippen LogP contribution is 2.28. The Kier molecular flexibility index (Phi) is 13.0. The Morgan fingerprint density at radius 3 is 2.45 bits per heavy atom. The van der Waals surface area contributed by atoms with Crippen LogP contribution in [-0.2, 0) is 14.4 Å². The zero-order valence-electron chi connectivity index (χ0n) is 19.5. The lowest BCUT2D eigenvalue weighted by Gasteiger charge is -2.21. The molecule has 0 radical (unpaired) electrons. The number of amides is 3. The van der Waals surface area contributed by atoms with Crippen LogP contribution >= 0.6 is 0 Å². The molecule has 0 aromatic heterocycles. The molecule has 1 aromatic carbocycles. The molecule has 3 amide bonds. The highest BCUT2D eigenvalue weighted by atomic mass is 16.5. The lowest BCUT2D eigenvalue weighted by Crippen LogP contribution is -2.32. The summed E-state index contributed by atoms with van der Waals surface area (Å²) in [7, 11) is 1.43. The fourth-order valence-electron chi connectivity index (χ4n) is 3.76. The predicted octanol–water partition coefficient (Wildman–Crippen LogP) is 4.55. The van der Waals surface area contributed by atoms with E-state index in [-0.39, 0.29) is 12.0 Å². The van der Waals surface area contributed by atoms with E-state index in [0.29, 0.717) is 17.9 Å². The van der Waals surface area contributed by atoms with Crippen LogP contribution in [0.15, 0.2) is 23.8 Å². The summed E-state index contributed by atoms with van der Waals surface area (Å²) in [6.45, 7) is 6.52. The van der Waals surface area contributed by atoms with E-state index in [4.69, 9.17) is 4.74 Å². The van der Waals surface area contributed by atoms with Crippen molar-refractivity contribution in [3.05, 3.63) is 34.9 Å². The molecule has 172 valence electrons. The Bertz CT molecular complexity index is 737. The van der Waals surface area contributed by atoms with Gasteiger partial charge in [0.25, 0.3) is 11.8 Å². The molecule has 2 N–H and O–H groups in total. The van der Waals surface area contributed by atoms with Crippen LogP contribution < -0.4 is 15.4 Å². The van der Waals surface area contributed by atoms with Crippen LogP contribution in [0.1, 0.15) is 76.3 Å². The van der Waals surface area contributed by atoms with Gasteiger partial charge in [0, 0.05) is 12.6 Å². The van der Waals surface area contributed by atoms with Gasteiger partial charge in [0.2, 0.25) is 6.41 Å². The van der Waals surface area contributed by atoms with Crippen LogP contribution in [-0.4, -0.2) is 31.9 Å². The number of aryl methyl sites for hydroxylation is 1. The average molecular weight is 431 g/mol. The Labute approximate surface area is 186 Å². The normalized spacial score (nSPS) is 14.1. The molecule has 1 aliphatic carbocycles. The molecule has 6 heteroatoms. The van der Waals surface area contributed by atoms with E-state index in [0.717, 1.165) is 24.3 Å². The summed E-state index contributed by atoms with van der Waals surface area (Å²) in [6.07, 6.45) is 11.9. The van der Waals surface area contributed by atoms with Crippen LogP contribution in [0.25, 0.3) is 6.08 Å². The van der Waals surface area contributed by atoms with Gasteiger partial charge in [-0.3, -0.25) is 19.7 Å². The largest absolute Gasteiger partial charge is 0.493 e. The number of nitrogens with one attached hydrogen (secondary N) is 2. The van der Waals surface area contributed by atoms with Crippen molar-refractivity contribution in [2.45, 2.75) is 72.1 Å². The van der Waals surface area contributed by atoms with Crippen molar-refractivity contribution in [2.24, 2.45) is 5.92 Å². The topological polar surface area (TPSA) is 84.5 Å². The monoisotopic (exact) mass is 430 g/mol. The second kappa shape index (κ2) is 15.2. The average Bonchev–Trinajstić information content (AvgIpc) is 2.80. The zero-order chi connectivity index (χ0) is 23.1. The van der Waals surface area contributed by atoms with Crippen LogP contribution in [0.5, 0.6) is 5.75 Å². The number of carbonyl (C=O) groups excluding carboxylic acids is 3. The minimum Gasteiger partial charge on any atom is -0.493 e. The molecule has 6 nitrogen and oxygen atoms in total. The molecule has 31 heavy (non-hydrogen) atoms. The third-order valence-electron chi connectivity index (χ3n) is 5.36. The second-order valence-electron chi connectivity index (χ2n) is 7.62. The SMILES string of the molecule is CC.CNC(=O)/C(=C/c1cc(C)ccc1OCCCCC1CCCCC1)C(=O)NC=O. The van der Waals surface area contributed by atoms with E-state index in [1.807, 2.05) is 44.3 Å². The van der Waals surface area contributed by atoms with Gasteiger partial charge in [-0.05, 0) is 43.9 Å². The maximum atomic E-state index is 12.1. The van der Waals surface area contributed by atoms with Gasteiger partial charge in [-0.25, -0.2) is 0 Å². The summed E-state index contributed by atoms with van der Waals surface area (Å²) >= 11 is 0. The summed E-state index contributed by atoms with van der Waals surface area (Å²) in [5, 5.41) is 4.44. The van der Waals surface area contributed by atoms with E-state index in [1.54, 1.807) is 0 Å². The van der Waals surface area contributed by atoms with Gasteiger partial charge in [0.15, 0.2) is 0 Å². The van der Waals surface area contributed by atoms with E-state index < -0.39 is 11.8 Å². The molecule has 0 unspecified atom stereocenters. The summed E-state index contributed by atoms with van der Waals surface area (Å²) in [5.41, 5.74) is 1.47. The first-order valence-electron chi connectivity index (χ1n) is 11.5. The number of hydrogen-bond acceptors (Lipinski definition) is 4. The van der Waals surface area contributed by atoms with Crippen LogP contribution in [0.4, 0.5) is 0 Å². The van der Waals surface area contributed by atoms with E-state index in [2.05, 4.69) is 5.32 Å². The molecule has 0 atom stereocenters. The van der Waals surface area contributed by atoms with Gasteiger partial charge in [-0.15, -0.1) is 0 Å². The summed E-state index contributed by atoms with van der Waals surface area (Å²) in [6, 6.07) is 5.63. The molecule has 1 aromatic rings. The molecule has 1 fully saturated rings. The van der Waals surface area contributed by atoms with Gasteiger partial charge in [0.1, 0.15) is 11.3 Å². The van der Waals surface area contributed by atoms with Crippen molar-refractivity contribution in [2.75, 3.05) is 13.7 Å². The van der Waals surface area contributed by atoms with Gasteiger partial charge < -0.3 is 10.1 Å². The van der Waals surface area contributed by atoms with Crippen molar-refractivity contribution in [3.63, 3.8) is 0 Å². The van der Waals surface area contributed by atoms with Crippen molar-refractivity contribution < 1.29 is 19.1 Å². The molecule has 2 rings (SSSR count). The van der Waals surface area contributed by atoms with E-state index >= 15 is 0 Å². The van der Waals surface area contributed by atoms with Crippen LogP contribution in [0.3, 0.4) is 0 Å². The summed E-state index contributed by atoms with van der Waals surface area (Å²) < 4.78 is 5.96. The summed E-state index contributed by atoms with van der Waals surface area (Å²) in [4.78, 5) is 34.8. The molecule has 0 heterocycles. The first kappa shape index (κ1) is 26.4. The van der Waals surface area contributed by atoms with Crippen LogP contribution in [0, 0.1) is 12.8 Å². The number of unbranched alkanes of at least 4 members (excludes halogenated alkanes) is 1. The third-order valence-corrected chi connectivity index (χ3v) is 5.36. The fourth-order valence-corrected chi connectivity index (χ4v) is 3.76. The number of imide groups is 1. The van der Waals surface area contributed by atoms with Crippen molar-refractivity contribution in [1.29, 1.82) is 0 Å². The number of hydrogen-bond donors (Lipinski definition) is 2. The molecular weight excluding hydrogens is 392 g/mol. The van der Waals surface area contributed by atoms with Gasteiger partial charge in [-0.2, -0.15) is 0 Å². The van der Waals surface area contributed by atoms with Crippen LogP contribution in [0.2, 0.25) is 0 Å². The first-order valence-corrected chi connectivity index (χ1v) is 11.5.